The highest BCUT2D eigenvalue weighted by molar-refractivity contribution is 7.90. The number of H-pyrrole nitrogens is 1. The maximum Gasteiger partial charge on any atom is 0.247 e. The van der Waals surface area contributed by atoms with Gasteiger partial charge in [-0.15, -0.1) is 0 Å². The molecule has 26 heavy (non-hydrogen) atoms. The summed E-state index contributed by atoms with van der Waals surface area (Å²) < 4.78 is 27.9. The normalized spacial score (nSPS) is 11.4. The molecule has 2 N–H and O–H groups in total. The second-order valence-electron chi connectivity index (χ2n) is 5.64. The van der Waals surface area contributed by atoms with Gasteiger partial charge in [-0.25, -0.2) is 13.4 Å². The highest BCUT2D eigenvalue weighted by Crippen LogP contribution is 2.21. The van der Waals surface area contributed by atoms with E-state index >= 15 is 0 Å². The second-order valence-corrected chi connectivity index (χ2v) is 7.90. The van der Waals surface area contributed by atoms with E-state index in [1.54, 1.807) is 0 Å². The summed E-state index contributed by atoms with van der Waals surface area (Å²) in [5.41, 5.74) is 1.60. The number of nitrogens with zero attached hydrogens (tertiary/aromatic N) is 3. The molecule has 0 saturated heterocycles. The van der Waals surface area contributed by atoms with Gasteiger partial charge in [0.15, 0.2) is 21.0 Å². The quantitative estimate of drug-likeness (QED) is 0.629. The lowest BCUT2D eigenvalue weighted by atomic mass is 10.1. The standard InChI is InChI=1S/C16H17N5O4S/c1-26(23,24)8-7-25-15-13-14(18-10-17-13)20-16(21-15)19-12(22)9-11-5-3-2-4-6-11/h2-6,10H,7-9H2,1H3,(H2,17,18,19,20,21,22). The molecule has 3 aromatic rings. The number of aromatic nitrogens is 4. The fraction of sp³-hybridized carbons (Fsp3) is 0.250. The smallest absolute Gasteiger partial charge is 0.247 e. The van der Waals surface area contributed by atoms with Gasteiger partial charge in [-0.05, 0) is 5.56 Å². The van der Waals surface area contributed by atoms with Crippen molar-refractivity contribution in [3.8, 4) is 5.88 Å². The number of hydrogen-bond acceptors (Lipinski definition) is 7. The van der Waals surface area contributed by atoms with Crippen LogP contribution in [-0.2, 0) is 21.1 Å². The molecule has 0 fully saturated rings. The molecule has 10 heteroatoms. The van der Waals surface area contributed by atoms with Crippen molar-refractivity contribution >= 4 is 32.9 Å². The molecule has 0 atom stereocenters. The van der Waals surface area contributed by atoms with Crippen molar-refractivity contribution in [1.29, 1.82) is 0 Å². The summed E-state index contributed by atoms with van der Waals surface area (Å²) in [6, 6.07) is 9.26. The Bertz CT molecular complexity index is 1020. The minimum absolute atomic E-state index is 0.0528. The fourth-order valence-corrected chi connectivity index (χ4v) is 2.59. The number of anilines is 1. The third-order valence-electron chi connectivity index (χ3n) is 3.40. The summed E-state index contributed by atoms with van der Waals surface area (Å²) in [6.45, 7) is -0.0742. The van der Waals surface area contributed by atoms with E-state index in [2.05, 4.69) is 25.3 Å². The van der Waals surface area contributed by atoms with E-state index in [4.69, 9.17) is 4.74 Å². The lowest BCUT2D eigenvalue weighted by Gasteiger charge is -2.08. The molecule has 0 radical (unpaired) electrons. The van der Waals surface area contributed by atoms with E-state index in [-0.39, 0.29) is 36.5 Å². The highest BCUT2D eigenvalue weighted by atomic mass is 32.2. The predicted octanol–water partition coefficient (Wildman–Crippen LogP) is 0.957. The third-order valence-corrected chi connectivity index (χ3v) is 4.31. The zero-order valence-corrected chi connectivity index (χ0v) is 14.8. The maximum absolute atomic E-state index is 12.2. The number of nitrogens with one attached hydrogen (secondary N) is 2. The van der Waals surface area contributed by atoms with Crippen LogP contribution in [0.3, 0.4) is 0 Å². The number of carbonyl (C=O) groups excluding carboxylic acids is 1. The monoisotopic (exact) mass is 375 g/mol. The molecule has 0 saturated carbocycles. The van der Waals surface area contributed by atoms with Gasteiger partial charge in [-0.3, -0.25) is 10.1 Å². The van der Waals surface area contributed by atoms with Gasteiger partial charge < -0.3 is 9.72 Å². The van der Waals surface area contributed by atoms with Crippen molar-refractivity contribution in [3.63, 3.8) is 0 Å². The number of benzene rings is 1. The van der Waals surface area contributed by atoms with Crippen LogP contribution in [0, 0.1) is 0 Å². The third kappa shape index (κ3) is 4.76. The molecule has 2 heterocycles. The first-order chi connectivity index (χ1) is 12.4. The molecular weight excluding hydrogens is 358 g/mol. The number of rotatable bonds is 7. The molecule has 0 bridgehead atoms. The molecule has 9 nitrogen and oxygen atoms in total. The first kappa shape index (κ1) is 17.8. The van der Waals surface area contributed by atoms with Crippen molar-refractivity contribution in [2.75, 3.05) is 23.9 Å². The van der Waals surface area contributed by atoms with Gasteiger partial charge in [-0.2, -0.15) is 9.97 Å². The average molecular weight is 375 g/mol. The van der Waals surface area contributed by atoms with E-state index in [9.17, 15) is 13.2 Å². The van der Waals surface area contributed by atoms with Gasteiger partial charge in [0.05, 0.1) is 18.5 Å². The fourth-order valence-electron chi connectivity index (χ4n) is 2.21. The Morgan fingerprint density at radius 3 is 2.73 bits per heavy atom. The van der Waals surface area contributed by atoms with Crippen LogP contribution in [0.4, 0.5) is 5.95 Å². The summed E-state index contributed by atoms with van der Waals surface area (Å²) >= 11 is 0. The van der Waals surface area contributed by atoms with E-state index in [1.165, 1.54) is 6.33 Å². The Morgan fingerprint density at radius 1 is 1.23 bits per heavy atom. The minimum Gasteiger partial charge on any atom is -0.475 e. The van der Waals surface area contributed by atoms with E-state index in [1.807, 2.05) is 30.3 Å². The number of aromatic amines is 1. The van der Waals surface area contributed by atoms with E-state index < -0.39 is 9.84 Å². The van der Waals surface area contributed by atoms with E-state index in [0.29, 0.717) is 11.2 Å². The Labute approximate surface area is 149 Å². The lowest BCUT2D eigenvalue weighted by molar-refractivity contribution is -0.115. The molecule has 1 amide bonds. The largest absolute Gasteiger partial charge is 0.475 e. The van der Waals surface area contributed by atoms with Crippen LogP contribution < -0.4 is 10.1 Å². The van der Waals surface area contributed by atoms with Crippen LogP contribution >= 0.6 is 0 Å². The van der Waals surface area contributed by atoms with Gasteiger partial charge in [0, 0.05) is 6.26 Å². The second kappa shape index (κ2) is 7.48. The lowest BCUT2D eigenvalue weighted by Crippen LogP contribution is -2.17. The number of hydrogen-bond donors (Lipinski definition) is 2. The van der Waals surface area contributed by atoms with Crippen LogP contribution in [0.5, 0.6) is 5.88 Å². The number of carbonyl (C=O) groups is 1. The molecule has 0 aliphatic heterocycles. The van der Waals surface area contributed by atoms with Crippen molar-refractivity contribution < 1.29 is 17.9 Å². The molecule has 1 aromatic carbocycles. The Morgan fingerprint density at radius 2 is 2.00 bits per heavy atom. The molecule has 2 aromatic heterocycles. The van der Waals surface area contributed by atoms with Crippen LogP contribution in [-0.4, -0.2) is 52.9 Å². The molecule has 0 spiro atoms. The van der Waals surface area contributed by atoms with Crippen LogP contribution in [0.15, 0.2) is 36.7 Å². The van der Waals surface area contributed by atoms with E-state index in [0.717, 1.165) is 11.8 Å². The summed E-state index contributed by atoms with van der Waals surface area (Å²) in [7, 11) is -3.16. The van der Waals surface area contributed by atoms with Crippen LogP contribution in [0.1, 0.15) is 5.56 Å². The van der Waals surface area contributed by atoms with Gasteiger partial charge >= 0.3 is 0 Å². The SMILES string of the molecule is CS(=O)(=O)CCOc1nc(NC(=O)Cc2ccccc2)nc2[nH]cnc12. The Hall–Kier alpha value is -3.01. The van der Waals surface area contributed by atoms with Crippen LogP contribution in [0.2, 0.25) is 0 Å². The number of amides is 1. The van der Waals surface area contributed by atoms with Crippen molar-refractivity contribution in [2.45, 2.75) is 6.42 Å². The molecular formula is C16H17N5O4S. The zero-order valence-electron chi connectivity index (χ0n) is 14.0. The summed E-state index contributed by atoms with van der Waals surface area (Å²) in [4.78, 5) is 27.4. The Balaban J connectivity index is 1.75. The molecule has 136 valence electrons. The number of sulfone groups is 1. The topological polar surface area (TPSA) is 127 Å². The van der Waals surface area contributed by atoms with Crippen LogP contribution in [0.25, 0.3) is 11.2 Å². The molecule has 0 unspecified atom stereocenters. The summed E-state index contributed by atoms with van der Waals surface area (Å²) in [5, 5.41) is 2.61. The highest BCUT2D eigenvalue weighted by Gasteiger charge is 2.14. The first-order valence-electron chi connectivity index (χ1n) is 7.76. The van der Waals surface area contributed by atoms with Gasteiger partial charge in [-0.1, -0.05) is 30.3 Å². The van der Waals surface area contributed by atoms with Crippen molar-refractivity contribution in [2.24, 2.45) is 0 Å². The average Bonchev–Trinajstić information content (AvgIpc) is 3.03. The van der Waals surface area contributed by atoms with Gasteiger partial charge in [0.1, 0.15) is 6.61 Å². The molecule has 3 rings (SSSR count). The molecule has 0 aliphatic rings. The summed E-state index contributed by atoms with van der Waals surface area (Å²) in [6.07, 6.45) is 2.71. The first-order valence-corrected chi connectivity index (χ1v) is 9.82. The number of imidazole rings is 1. The Kier molecular flexibility index (Phi) is 5.12. The van der Waals surface area contributed by atoms with Crippen molar-refractivity contribution in [1.82, 2.24) is 19.9 Å². The van der Waals surface area contributed by atoms with Crippen molar-refractivity contribution in [3.05, 3.63) is 42.2 Å². The predicted molar refractivity (Wildman–Crippen MR) is 95.7 cm³/mol. The number of ether oxygens (including phenoxy) is 1. The zero-order chi connectivity index (χ0) is 18.6. The van der Waals surface area contributed by atoms with Gasteiger partial charge in [0.25, 0.3) is 0 Å². The maximum atomic E-state index is 12.2. The number of fused-ring (bicyclic) bond motifs is 1. The minimum atomic E-state index is -3.16. The van der Waals surface area contributed by atoms with Gasteiger partial charge in [0.2, 0.25) is 17.7 Å². The summed E-state index contributed by atoms with van der Waals surface area (Å²) in [5.74, 6) is -0.275. The molecule has 0 aliphatic carbocycles.